The molecule has 1 aromatic heterocycles. The summed E-state index contributed by atoms with van der Waals surface area (Å²) in [4.78, 5) is 13.7. The third-order valence-electron chi connectivity index (χ3n) is 3.41. The predicted octanol–water partition coefficient (Wildman–Crippen LogP) is 1.42. The van der Waals surface area contributed by atoms with Crippen LogP contribution in [0.3, 0.4) is 0 Å². The number of furan rings is 1. The van der Waals surface area contributed by atoms with Crippen LogP contribution in [0.4, 0.5) is 4.79 Å². The summed E-state index contributed by atoms with van der Waals surface area (Å²) < 4.78 is 5.41. The molecule has 2 amide bonds. The third kappa shape index (κ3) is 2.85. The van der Waals surface area contributed by atoms with Gasteiger partial charge in [0.2, 0.25) is 0 Å². The van der Waals surface area contributed by atoms with Crippen LogP contribution in [0.2, 0.25) is 0 Å². The van der Waals surface area contributed by atoms with Crippen LogP contribution in [0.15, 0.2) is 10.5 Å². The second-order valence-electron chi connectivity index (χ2n) is 4.88. The monoisotopic (exact) mass is 252 g/mol. The lowest BCUT2D eigenvalue weighted by atomic mass is 10.1. The van der Waals surface area contributed by atoms with E-state index in [1.54, 1.807) is 4.90 Å². The van der Waals surface area contributed by atoms with Gasteiger partial charge in [0.15, 0.2) is 0 Å². The van der Waals surface area contributed by atoms with Crippen molar-refractivity contribution in [3.05, 3.63) is 23.2 Å². The number of aliphatic hydroxyl groups excluding tert-OH is 1. The number of urea groups is 1. The van der Waals surface area contributed by atoms with E-state index in [1.807, 2.05) is 19.9 Å². The number of carbonyl (C=O) groups is 1. The van der Waals surface area contributed by atoms with E-state index in [9.17, 15) is 4.79 Å². The molecule has 5 heteroatoms. The zero-order chi connectivity index (χ0) is 13.1. The Morgan fingerprint density at radius 2 is 2.39 bits per heavy atom. The van der Waals surface area contributed by atoms with Crippen molar-refractivity contribution in [1.29, 1.82) is 0 Å². The minimum absolute atomic E-state index is 0.0656. The van der Waals surface area contributed by atoms with Gasteiger partial charge in [0.1, 0.15) is 11.5 Å². The first-order valence-corrected chi connectivity index (χ1v) is 6.29. The predicted molar refractivity (Wildman–Crippen MR) is 67.2 cm³/mol. The summed E-state index contributed by atoms with van der Waals surface area (Å²) in [5.74, 6) is 1.94. The van der Waals surface area contributed by atoms with Crippen molar-refractivity contribution in [2.24, 2.45) is 5.92 Å². The molecule has 5 nitrogen and oxygen atoms in total. The van der Waals surface area contributed by atoms with Gasteiger partial charge in [-0.2, -0.15) is 0 Å². The molecular formula is C13H20N2O3. The Hall–Kier alpha value is -1.49. The molecule has 1 unspecified atom stereocenters. The highest BCUT2D eigenvalue weighted by Crippen LogP contribution is 2.16. The second-order valence-corrected chi connectivity index (χ2v) is 4.88. The van der Waals surface area contributed by atoms with Crippen molar-refractivity contribution in [3.8, 4) is 0 Å². The lowest BCUT2D eigenvalue weighted by Crippen LogP contribution is -2.38. The van der Waals surface area contributed by atoms with Gasteiger partial charge in [-0.15, -0.1) is 0 Å². The number of aryl methyl sites for hydroxylation is 2. The molecule has 0 aliphatic carbocycles. The quantitative estimate of drug-likeness (QED) is 0.855. The van der Waals surface area contributed by atoms with Crippen LogP contribution in [0, 0.1) is 19.8 Å². The standard InChI is InChI=1S/C13H20N2O3/c1-9-5-12(10(2)18-9)6-14-13(17)15-4-3-11(7-15)8-16/h5,11,16H,3-4,6-8H2,1-2H3,(H,14,17). The lowest BCUT2D eigenvalue weighted by molar-refractivity contribution is 0.198. The number of hydrogen-bond donors (Lipinski definition) is 2. The Morgan fingerprint density at radius 1 is 1.61 bits per heavy atom. The zero-order valence-corrected chi connectivity index (χ0v) is 10.9. The Morgan fingerprint density at radius 3 is 2.94 bits per heavy atom. The van der Waals surface area contributed by atoms with Crippen molar-refractivity contribution < 1.29 is 14.3 Å². The maximum Gasteiger partial charge on any atom is 0.317 e. The normalized spacial score (nSPS) is 19.3. The molecule has 0 saturated carbocycles. The summed E-state index contributed by atoms with van der Waals surface area (Å²) in [5, 5.41) is 11.9. The summed E-state index contributed by atoms with van der Waals surface area (Å²) >= 11 is 0. The van der Waals surface area contributed by atoms with Crippen molar-refractivity contribution in [1.82, 2.24) is 10.2 Å². The van der Waals surface area contributed by atoms with Crippen LogP contribution in [0.25, 0.3) is 0 Å². The maximum absolute atomic E-state index is 11.9. The zero-order valence-electron chi connectivity index (χ0n) is 10.9. The Balaban J connectivity index is 1.84. The SMILES string of the molecule is Cc1cc(CNC(=O)N2CCC(CO)C2)c(C)o1. The number of aliphatic hydroxyl groups is 1. The molecule has 2 rings (SSSR count). The maximum atomic E-state index is 11.9. The molecule has 1 atom stereocenters. The molecule has 0 radical (unpaired) electrons. The van der Waals surface area contributed by atoms with Crippen LogP contribution in [-0.2, 0) is 6.54 Å². The summed E-state index contributed by atoms with van der Waals surface area (Å²) in [6, 6.07) is 1.88. The van der Waals surface area contributed by atoms with E-state index in [2.05, 4.69) is 5.32 Å². The minimum atomic E-state index is -0.0656. The van der Waals surface area contributed by atoms with Crippen molar-refractivity contribution >= 4 is 6.03 Å². The first kappa shape index (κ1) is 13.0. The molecule has 2 N–H and O–H groups in total. The molecule has 1 aliphatic rings. The van der Waals surface area contributed by atoms with Crippen LogP contribution in [0.1, 0.15) is 23.5 Å². The van der Waals surface area contributed by atoms with Crippen molar-refractivity contribution in [2.75, 3.05) is 19.7 Å². The Bertz CT molecular complexity index is 428. The highest BCUT2D eigenvalue weighted by molar-refractivity contribution is 5.74. The van der Waals surface area contributed by atoms with Gasteiger partial charge in [-0.05, 0) is 26.3 Å². The number of rotatable bonds is 3. The van der Waals surface area contributed by atoms with Gasteiger partial charge in [-0.25, -0.2) is 4.79 Å². The first-order valence-electron chi connectivity index (χ1n) is 6.29. The third-order valence-corrected chi connectivity index (χ3v) is 3.41. The number of likely N-dealkylation sites (tertiary alicyclic amines) is 1. The van der Waals surface area contributed by atoms with E-state index < -0.39 is 0 Å². The van der Waals surface area contributed by atoms with Crippen LogP contribution in [-0.4, -0.2) is 35.7 Å². The number of nitrogens with zero attached hydrogens (tertiary/aromatic N) is 1. The Kier molecular flexibility index (Phi) is 3.91. The summed E-state index contributed by atoms with van der Waals surface area (Å²) in [7, 11) is 0. The van der Waals surface area contributed by atoms with E-state index in [1.165, 1.54) is 0 Å². The molecule has 0 spiro atoms. The average Bonchev–Trinajstić information content (AvgIpc) is 2.93. The average molecular weight is 252 g/mol. The van der Waals surface area contributed by atoms with Crippen molar-refractivity contribution in [3.63, 3.8) is 0 Å². The largest absolute Gasteiger partial charge is 0.466 e. The van der Waals surface area contributed by atoms with Crippen LogP contribution in [0.5, 0.6) is 0 Å². The fourth-order valence-electron chi connectivity index (χ4n) is 2.31. The molecule has 100 valence electrons. The van der Waals surface area contributed by atoms with Gasteiger partial charge in [0, 0.05) is 37.7 Å². The molecule has 1 aliphatic heterocycles. The van der Waals surface area contributed by atoms with Crippen molar-refractivity contribution in [2.45, 2.75) is 26.8 Å². The molecule has 18 heavy (non-hydrogen) atoms. The highest BCUT2D eigenvalue weighted by Gasteiger charge is 2.25. The van der Waals surface area contributed by atoms with Crippen LogP contribution >= 0.6 is 0 Å². The summed E-state index contributed by atoms with van der Waals surface area (Å²) in [5.41, 5.74) is 1.01. The van der Waals surface area contributed by atoms with E-state index in [4.69, 9.17) is 9.52 Å². The summed E-state index contributed by atoms with van der Waals surface area (Å²) in [6.07, 6.45) is 0.883. The first-order chi connectivity index (χ1) is 8.60. The highest BCUT2D eigenvalue weighted by atomic mass is 16.3. The second kappa shape index (κ2) is 5.44. The number of hydrogen-bond acceptors (Lipinski definition) is 3. The molecule has 0 aromatic carbocycles. The molecule has 1 fully saturated rings. The fraction of sp³-hybridized carbons (Fsp3) is 0.615. The van der Waals surface area contributed by atoms with E-state index >= 15 is 0 Å². The van der Waals surface area contributed by atoms with Gasteiger partial charge in [0.25, 0.3) is 0 Å². The molecular weight excluding hydrogens is 232 g/mol. The molecule has 2 heterocycles. The molecule has 0 bridgehead atoms. The Labute approximate surface area is 107 Å². The number of nitrogens with one attached hydrogen (secondary N) is 1. The minimum Gasteiger partial charge on any atom is -0.466 e. The smallest absolute Gasteiger partial charge is 0.317 e. The fourth-order valence-corrected chi connectivity index (χ4v) is 2.31. The van der Waals surface area contributed by atoms with Gasteiger partial charge in [-0.1, -0.05) is 0 Å². The number of carbonyl (C=O) groups excluding carboxylic acids is 1. The van der Waals surface area contributed by atoms with E-state index in [-0.39, 0.29) is 18.6 Å². The van der Waals surface area contributed by atoms with E-state index in [0.29, 0.717) is 13.1 Å². The van der Waals surface area contributed by atoms with E-state index in [0.717, 1.165) is 30.0 Å². The lowest BCUT2D eigenvalue weighted by Gasteiger charge is -2.16. The topological polar surface area (TPSA) is 65.7 Å². The van der Waals surface area contributed by atoms with Gasteiger partial charge in [-0.3, -0.25) is 0 Å². The summed E-state index contributed by atoms with van der Waals surface area (Å²) in [6.45, 7) is 5.80. The van der Waals surface area contributed by atoms with Gasteiger partial charge < -0.3 is 19.7 Å². The number of amides is 2. The van der Waals surface area contributed by atoms with Crippen LogP contribution < -0.4 is 5.32 Å². The van der Waals surface area contributed by atoms with Gasteiger partial charge >= 0.3 is 6.03 Å². The molecule has 1 saturated heterocycles. The molecule has 1 aromatic rings. The van der Waals surface area contributed by atoms with Gasteiger partial charge in [0.05, 0.1) is 0 Å².